The molecule has 0 heterocycles. The quantitative estimate of drug-likeness (QED) is 0.196. The van der Waals surface area contributed by atoms with Gasteiger partial charge in [0.15, 0.2) is 0 Å². The van der Waals surface area contributed by atoms with Crippen LogP contribution in [0.5, 0.6) is 0 Å². The maximum absolute atomic E-state index is 12.0. The van der Waals surface area contributed by atoms with E-state index in [4.69, 9.17) is 9.84 Å². The molecule has 0 saturated carbocycles. The standard InChI is InChI=1S/C26H42O4/c1-3-22(2)18-14-12-10-8-6-4-5-7-9-11-13-17-21-30-26(29)24-20-16-15-19-23(24)25(27)28/h15-16,19-20,22H,3-14,17-18,21H2,1-2H3,(H,27,28). The second-order valence-electron chi connectivity index (χ2n) is 8.53. The molecule has 1 aromatic rings. The Labute approximate surface area is 183 Å². The van der Waals surface area contributed by atoms with E-state index in [-0.39, 0.29) is 11.1 Å². The first kappa shape index (κ1) is 26.2. The monoisotopic (exact) mass is 418 g/mol. The molecule has 0 radical (unpaired) electrons. The lowest BCUT2D eigenvalue weighted by molar-refractivity contribution is 0.0487. The molecule has 30 heavy (non-hydrogen) atoms. The summed E-state index contributed by atoms with van der Waals surface area (Å²) in [5.41, 5.74) is 0.120. The Kier molecular flexibility index (Phi) is 14.8. The van der Waals surface area contributed by atoms with Crippen LogP contribution in [0, 0.1) is 5.92 Å². The molecule has 1 atom stereocenters. The van der Waals surface area contributed by atoms with Gasteiger partial charge in [0.1, 0.15) is 0 Å². The van der Waals surface area contributed by atoms with Gasteiger partial charge in [0.2, 0.25) is 0 Å². The molecule has 4 nitrogen and oxygen atoms in total. The maximum Gasteiger partial charge on any atom is 0.339 e. The van der Waals surface area contributed by atoms with Gasteiger partial charge in [-0.15, -0.1) is 0 Å². The number of ether oxygens (including phenoxy) is 1. The van der Waals surface area contributed by atoms with E-state index in [1.165, 1.54) is 89.2 Å². The van der Waals surface area contributed by atoms with Crippen molar-refractivity contribution < 1.29 is 19.4 Å². The van der Waals surface area contributed by atoms with Crippen LogP contribution in [-0.4, -0.2) is 23.7 Å². The number of carbonyl (C=O) groups excluding carboxylic acids is 1. The first-order valence-electron chi connectivity index (χ1n) is 12.1. The third-order valence-corrected chi connectivity index (χ3v) is 5.90. The topological polar surface area (TPSA) is 63.6 Å². The minimum Gasteiger partial charge on any atom is -0.478 e. The zero-order chi connectivity index (χ0) is 22.0. The van der Waals surface area contributed by atoms with Gasteiger partial charge in [-0.1, -0.05) is 109 Å². The van der Waals surface area contributed by atoms with Gasteiger partial charge >= 0.3 is 11.9 Å². The smallest absolute Gasteiger partial charge is 0.339 e. The lowest BCUT2D eigenvalue weighted by Crippen LogP contribution is -2.12. The van der Waals surface area contributed by atoms with E-state index in [9.17, 15) is 9.59 Å². The Balaban J connectivity index is 1.91. The summed E-state index contributed by atoms with van der Waals surface area (Å²) in [5, 5.41) is 9.13. The van der Waals surface area contributed by atoms with E-state index in [0.29, 0.717) is 6.61 Å². The summed E-state index contributed by atoms with van der Waals surface area (Å²) < 4.78 is 5.24. The van der Waals surface area contributed by atoms with Crippen LogP contribution in [0.3, 0.4) is 0 Å². The molecule has 1 rings (SSSR count). The van der Waals surface area contributed by atoms with Crippen LogP contribution in [0.25, 0.3) is 0 Å². The molecular formula is C26H42O4. The van der Waals surface area contributed by atoms with E-state index in [0.717, 1.165) is 18.8 Å². The average Bonchev–Trinajstić information content (AvgIpc) is 2.75. The normalized spacial score (nSPS) is 11.9. The van der Waals surface area contributed by atoms with Gasteiger partial charge in [-0.2, -0.15) is 0 Å². The van der Waals surface area contributed by atoms with Crippen molar-refractivity contribution in [2.75, 3.05) is 6.61 Å². The highest BCUT2D eigenvalue weighted by molar-refractivity contribution is 6.02. The van der Waals surface area contributed by atoms with Crippen LogP contribution in [0.2, 0.25) is 0 Å². The molecule has 1 aromatic carbocycles. The van der Waals surface area contributed by atoms with Gasteiger partial charge < -0.3 is 9.84 Å². The highest BCUT2D eigenvalue weighted by Gasteiger charge is 2.16. The summed E-state index contributed by atoms with van der Waals surface area (Å²) in [4.78, 5) is 23.2. The van der Waals surface area contributed by atoms with Crippen molar-refractivity contribution in [3.8, 4) is 0 Å². The number of hydrogen-bond acceptors (Lipinski definition) is 3. The Hall–Kier alpha value is -1.84. The van der Waals surface area contributed by atoms with Crippen LogP contribution >= 0.6 is 0 Å². The molecule has 0 fully saturated rings. The number of carboxylic acids is 1. The molecule has 0 amide bonds. The number of carboxylic acid groups (broad SMARTS) is 1. The zero-order valence-electron chi connectivity index (χ0n) is 19.2. The molecule has 0 spiro atoms. The first-order chi connectivity index (χ1) is 14.6. The minimum atomic E-state index is -1.11. The highest BCUT2D eigenvalue weighted by atomic mass is 16.5. The summed E-state index contributed by atoms with van der Waals surface area (Å²) in [5.74, 6) is -0.761. The molecule has 0 aliphatic carbocycles. The minimum absolute atomic E-state index is 0.00593. The van der Waals surface area contributed by atoms with Crippen LogP contribution in [-0.2, 0) is 4.74 Å². The Bertz CT molecular complexity index is 596. The van der Waals surface area contributed by atoms with Gasteiger partial charge in [-0.05, 0) is 24.5 Å². The van der Waals surface area contributed by atoms with Crippen molar-refractivity contribution in [1.29, 1.82) is 0 Å². The SMILES string of the molecule is CCC(C)CCCCCCCCCCCCCCOC(=O)c1ccccc1C(=O)O. The predicted molar refractivity (Wildman–Crippen MR) is 123 cm³/mol. The van der Waals surface area contributed by atoms with E-state index in [1.807, 2.05) is 0 Å². The molecule has 4 heteroatoms. The molecule has 0 bridgehead atoms. The second-order valence-corrected chi connectivity index (χ2v) is 8.53. The Morgan fingerprint density at radius 1 is 0.800 bits per heavy atom. The first-order valence-corrected chi connectivity index (χ1v) is 12.1. The van der Waals surface area contributed by atoms with Crippen molar-refractivity contribution in [1.82, 2.24) is 0 Å². The largest absolute Gasteiger partial charge is 0.478 e. The number of carbonyl (C=O) groups is 2. The van der Waals surface area contributed by atoms with Crippen molar-refractivity contribution >= 4 is 11.9 Å². The molecule has 0 aliphatic heterocycles. The lowest BCUT2D eigenvalue weighted by atomic mass is 9.99. The van der Waals surface area contributed by atoms with Crippen LogP contribution in [0.15, 0.2) is 24.3 Å². The molecule has 0 saturated heterocycles. The molecule has 0 aliphatic rings. The Morgan fingerprint density at radius 2 is 1.27 bits per heavy atom. The number of unbranched alkanes of at least 4 members (excludes halogenated alkanes) is 11. The summed E-state index contributed by atoms with van der Waals surface area (Å²) in [6, 6.07) is 6.18. The van der Waals surface area contributed by atoms with E-state index < -0.39 is 11.9 Å². The van der Waals surface area contributed by atoms with Crippen molar-refractivity contribution in [3.63, 3.8) is 0 Å². The fourth-order valence-corrected chi connectivity index (χ4v) is 3.66. The Morgan fingerprint density at radius 3 is 1.77 bits per heavy atom. The summed E-state index contributed by atoms with van der Waals surface area (Å²) in [7, 11) is 0. The lowest BCUT2D eigenvalue weighted by Gasteiger charge is -2.07. The fourth-order valence-electron chi connectivity index (χ4n) is 3.66. The van der Waals surface area contributed by atoms with E-state index in [1.54, 1.807) is 12.1 Å². The van der Waals surface area contributed by atoms with Crippen molar-refractivity contribution in [3.05, 3.63) is 35.4 Å². The molecule has 1 unspecified atom stereocenters. The maximum atomic E-state index is 12.0. The zero-order valence-corrected chi connectivity index (χ0v) is 19.2. The molecular weight excluding hydrogens is 376 g/mol. The predicted octanol–water partition coefficient (Wildman–Crippen LogP) is 7.66. The number of esters is 1. The van der Waals surface area contributed by atoms with Crippen LogP contribution in [0.4, 0.5) is 0 Å². The number of benzene rings is 1. The fraction of sp³-hybridized carbons (Fsp3) is 0.692. The molecule has 170 valence electrons. The van der Waals surface area contributed by atoms with Crippen LogP contribution < -0.4 is 0 Å². The van der Waals surface area contributed by atoms with E-state index in [2.05, 4.69) is 13.8 Å². The number of hydrogen-bond donors (Lipinski definition) is 1. The third-order valence-electron chi connectivity index (χ3n) is 5.90. The van der Waals surface area contributed by atoms with Crippen LogP contribution in [0.1, 0.15) is 124 Å². The van der Waals surface area contributed by atoms with E-state index >= 15 is 0 Å². The second kappa shape index (κ2) is 16.9. The summed E-state index contributed by atoms with van der Waals surface area (Å²) >= 11 is 0. The van der Waals surface area contributed by atoms with Gasteiger partial charge in [0, 0.05) is 0 Å². The molecule has 0 aromatic heterocycles. The summed E-state index contributed by atoms with van der Waals surface area (Å²) in [6.07, 6.45) is 17.9. The third kappa shape index (κ3) is 12.0. The highest BCUT2D eigenvalue weighted by Crippen LogP contribution is 2.16. The summed E-state index contributed by atoms with van der Waals surface area (Å²) in [6.45, 7) is 4.99. The van der Waals surface area contributed by atoms with Crippen molar-refractivity contribution in [2.24, 2.45) is 5.92 Å². The average molecular weight is 419 g/mol. The van der Waals surface area contributed by atoms with Gasteiger partial charge in [-0.3, -0.25) is 0 Å². The van der Waals surface area contributed by atoms with Gasteiger partial charge in [-0.25, -0.2) is 9.59 Å². The van der Waals surface area contributed by atoms with Gasteiger partial charge in [0.25, 0.3) is 0 Å². The molecule has 1 N–H and O–H groups in total. The number of rotatable bonds is 18. The number of aromatic carboxylic acids is 1. The van der Waals surface area contributed by atoms with Crippen molar-refractivity contribution in [2.45, 2.75) is 104 Å². The van der Waals surface area contributed by atoms with Gasteiger partial charge in [0.05, 0.1) is 17.7 Å².